The molecule has 0 saturated heterocycles. The van der Waals surface area contributed by atoms with Gasteiger partial charge >= 0.3 is 0 Å². The Morgan fingerprint density at radius 2 is 1.90 bits per heavy atom. The lowest BCUT2D eigenvalue weighted by Gasteiger charge is -2.12. The Kier molecular flexibility index (Phi) is 5.34. The van der Waals surface area contributed by atoms with Gasteiger partial charge in [-0.3, -0.25) is 4.79 Å². The molecule has 2 aromatic rings. The molecule has 21 heavy (non-hydrogen) atoms. The fourth-order valence-corrected chi connectivity index (χ4v) is 2.23. The zero-order valence-corrected chi connectivity index (χ0v) is 13.3. The number of hydrogen-bond acceptors (Lipinski definition) is 3. The molecule has 0 aromatic heterocycles. The third-order valence-corrected chi connectivity index (χ3v) is 3.83. The van der Waals surface area contributed by atoms with Crippen LogP contribution in [0, 0.1) is 0 Å². The van der Waals surface area contributed by atoms with Crippen LogP contribution in [0.5, 0.6) is 11.5 Å². The van der Waals surface area contributed by atoms with Crippen molar-refractivity contribution in [1.82, 2.24) is 0 Å². The second-order valence-electron chi connectivity index (χ2n) is 4.14. The molecule has 0 spiro atoms. The first kappa shape index (κ1) is 16.0. The average Bonchev–Trinajstić information content (AvgIpc) is 2.48. The van der Waals surface area contributed by atoms with E-state index >= 15 is 0 Å². The molecule has 0 aliphatic carbocycles. The normalized spacial score (nSPS) is 10.3. The molecule has 0 radical (unpaired) electrons. The third-order valence-electron chi connectivity index (χ3n) is 2.81. The van der Waals surface area contributed by atoms with Crippen molar-refractivity contribution < 1.29 is 14.3 Å². The Balaban J connectivity index is 2.24. The fourth-order valence-electron chi connectivity index (χ4n) is 1.76. The molecule has 0 saturated carbocycles. The maximum Gasteiger partial charge on any atom is 0.252 e. The Bertz CT molecular complexity index is 671. The Morgan fingerprint density at radius 3 is 2.57 bits per heavy atom. The lowest BCUT2D eigenvalue weighted by molar-refractivity contribution is 0.108. The summed E-state index contributed by atoms with van der Waals surface area (Å²) in [5.41, 5.74) is 1.05. The van der Waals surface area contributed by atoms with E-state index in [1.54, 1.807) is 36.4 Å². The van der Waals surface area contributed by atoms with Crippen molar-refractivity contribution in [3.63, 3.8) is 0 Å². The summed E-state index contributed by atoms with van der Waals surface area (Å²) in [5.74, 6) is 1.05. The first-order chi connectivity index (χ1) is 10.0. The van der Waals surface area contributed by atoms with Gasteiger partial charge in [-0.05, 0) is 41.9 Å². The van der Waals surface area contributed by atoms with Crippen LogP contribution in [0.1, 0.15) is 15.9 Å². The van der Waals surface area contributed by atoms with Gasteiger partial charge in [-0.25, -0.2) is 0 Å². The number of carbonyl (C=O) groups is 1. The van der Waals surface area contributed by atoms with Crippen molar-refractivity contribution in [2.75, 3.05) is 7.11 Å². The average molecular weight is 346 g/mol. The van der Waals surface area contributed by atoms with Gasteiger partial charge in [0.2, 0.25) is 0 Å². The van der Waals surface area contributed by atoms with E-state index in [1.165, 1.54) is 7.11 Å². The molecule has 110 valence electrons. The summed E-state index contributed by atoms with van der Waals surface area (Å²) >= 11 is 17.4. The van der Waals surface area contributed by atoms with Gasteiger partial charge in [-0.15, -0.1) is 0 Å². The van der Waals surface area contributed by atoms with Crippen LogP contribution in [0.2, 0.25) is 10.0 Å². The largest absolute Gasteiger partial charge is 0.496 e. The van der Waals surface area contributed by atoms with Crippen LogP contribution in [0.4, 0.5) is 0 Å². The van der Waals surface area contributed by atoms with Gasteiger partial charge in [0.25, 0.3) is 5.24 Å². The number of hydrogen-bond donors (Lipinski definition) is 0. The number of methoxy groups -OCH3 is 1. The third kappa shape index (κ3) is 3.82. The van der Waals surface area contributed by atoms with E-state index < -0.39 is 5.24 Å². The summed E-state index contributed by atoms with van der Waals surface area (Å²) < 4.78 is 10.9. The summed E-state index contributed by atoms with van der Waals surface area (Å²) in [6.07, 6.45) is 0. The standard InChI is InChI=1S/C15H11Cl3O3/c1-20-12-6-5-9(15(18)19)7-10(12)8-21-13-4-2-3-11(16)14(13)17/h2-7H,8H2,1H3. The fraction of sp³-hybridized carbons (Fsp3) is 0.133. The summed E-state index contributed by atoms with van der Waals surface area (Å²) in [4.78, 5) is 11.2. The van der Waals surface area contributed by atoms with Crippen molar-refractivity contribution in [3.05, 3.63) is 57.6 Å². The minimum absolute atomic E-state index is 0.168. The predicted molar refractivity (Wildman–Crippen MR) is 84.0 cm³/mol. The minimum atomic E-state index is -0.542. The highest BCUT2D eigenvalue weighted by Gasteiger charge is 2.11. The maximum absolute atomic E-state index is 11.2. The molecular weight excluding hydrogens is 335 g/mol. The number of carbonyl (C=O) groups excluding carboxylic acids is 1. The number of benzene rings is 2. The SMILES string of the molecule is COc1ccc(C(=O)Cl)cc1COc1cccc(Cl)c1Cl. The van der Waals surface area contributed by atoms with Crippen LogP contribution in [-0.4, -0.2) is 12.4 Å². The van der Waals surface area contributed by atoms with Crippen LogP contribution in [-0.2, 0) is 6.61 Å². The van der Waals surface area contributed by atoms with Gasteiger partial charge in [-0.2, -0.15) is 0 Å². The highest BCUT2D eigenvalue weighted by molar-refractivity contribution is 6.67. The Hall–Kier alpha value is -1.42. The minimum Gasteiger partial charge on any atom is -0.496 e. The molecule has 0 N–H and O–H groups in total. The zero-order valence-electron chi connectivity index (χ0n) is 11.0. The van der Waals surface area contributed by atoms with Crippen LogP contribution in [0.25, 0.3) is 0 Å². The highest BCUT2D eigenvalue weighted by Crippen LogP contribution is 2.32. The van der Waals surface area contributed by atoms with Crippen molar-refractivity contribution in [2.24, 2.45) is 0 Å². The molecule has 3 nitrogen and oxygen atoms in total. The van der Waals surface area contributed by atoms with Gasteiger partial charge < -0.3 is 9.47 Å². The van der Waals surface area contributed by atoms with E-state index in [9.17, 15) is 4.79 Å². The molecule has 2 rings (SSSR count). The van der Waals surface area contributed by atoms with Gasteiger partial charge in [0.1, 0.15) is 23.1 Å². The van der Waals surface area contributed by atoms with E-state index in [0.29, 0.717) is 32.7 Å². The Labute approximate surface area is 137 Å². The van der Waals surface area contributed by atoms with Gasteiger partial charge in [0.05, 0.1) is 12.1 Å². The van der Waals surface area contributed by atoms with Gasteiger partial charge in [-0.1, -0.05) is 29.3 Å². The van der Waals surface area contributed by atoms with Gasteiger partial charge in [0.15, 0.2) is 0 Å². The van der Waals surface area contributed by atoms with Crippen LogP contribution in [0.3, 0.4) is 0 Å². The number of rotatable bonds is 5. The molecule has 0 aliphatic heterocycles. The molecular formula is C15H11Cl3O3. The van der Waals surface area contributed by atoms with E-state index in [2.05, 4.69) is 0 Å². The second-order valence-corrected chi connectivity index (χ2v) is 5.27. The molecule has 0 unspecified atom stereocenters. The highest BCUT2D eigenvalue weighted by atomic mass is 35.5. The summed E-state index contributed by atoms with van der Waals surface area (Å²) in [6, 6.07) is 9.98. The van der Waals surface area contributed by atoms with Crippen LogP contribution < -0.4 is 9.47 Å². The molecule has 0 fully saturated rings. The van der Waals surface area contributed by atoms with Crippen LogP contribution >= 0.6 is 34.8 Å². The predicted octanol–water partition coefficient (Wildman–Crippen LogP) is 4.96. The molecule has 0 aliphatic rings. The van der Waals surface area contributed by atoms with Crippen molar-refractivity contribution >= 4 is 40.0 Å². The first-order valence-electron chi connectivity index (χ1n) is 5.96. The molecule has 2 aromatic carbocycles. The Morgan fingerprint density at radius 1 is 1.14 bits per heavy atom. The van der Waals surface area contributed by atoms with Crippen molar-refractivity contribution in [2.45, 2.75) is 6.61 Å². The van der Waals surface area contributed by atoms with E-state index in [4.69, 9.17) is 44.3 Å². The monoisotopic (exact) mass is 344 g/mol. The number of halogens is 3. The van der Waals surface area contributed by atoms with Crippen LogP contribution in [0.15, 0.2) is 36.4 Å². The van der Waals surface area contributed by atoms with E-state index in [-0.39, 0.29) is 6.61 Å². The molecule has 0 bridgehead atoms. The number of ether oxygens (including phenoxy) is 2. The zero-order chi connectivity index (χ0) is 15.4. The topological polar surface area (TPSA) is 35.5 Å². The lowest BCUT2D eigenvalue weighted by atomic mass is 10.1. The summed E-state index contributed by atoms with van der Waals surface area (Å²) in [7, 11) is 1.54. The summed E-state index contributed by atoms with van der Waals surface area (Å²) in [5, 5.41) is 0.202. The van der Waals surface area contributed by atoms with Crippen molar-refractivity contribution in [3.8, 4) is 11.5 Å². The quantitative estimate of drug-likeness (QED) is 0.718. The second kappa shape index (κ2) is 7.03. The molecule has 6 heteroatoms. The molecule has 0 heterocycles. The lowest BCUT2D eigenvalue weighted by Crippen LogP contribution is -2.01. The summed E-state index contributed by atoms with van der Waals surface area (Å²) in [6.45, 7) is 0.168. The van der Waals surface area contributed by atoms with Gasteiger partial charge in [0, 0.05) is 11.1 Å². The van der Waals surface area contributed by atoms with E-state index in [1.807, 2.05) is 0 Å². The molecule has 0 amide bonds. The van der Waals surface area contributed by atoms with Crippen molar-refractivity contribution in [1.29, 1.82) is 0 Å². The van der Waals surface area contributed by atoms with E-state index in [0.717, 1.165) is 0 Å². The first-order valence-corrected chi connectivity index (χ1v) is 7.10. The smallest absolute Gasteiger partial charge is 0.252 e. The maximum atomic E-state index is 11.2. The molecule has 0 atom stereocenters.